The van der Waals surface area contributed by atoms with Crippen molar-refractivity contribution in [3.8, 4) is 0 Å². The Balaban J connectivity index is 1.61. The van der Waals surface area contributed by atoms with Crippen LogP contribution in [0.1, 0.15) is 64.4 Å². The summed E-state index contributed by atoms with van der Waals surface area (Å²) in [4.78, 5) is 29.8. The highest BCUT2D eigenvalue weighted by atomic mass is 32.2. The average Bonchev–Trinajstić information content (AvgIpc) is 2.98. The Morgan fingerprint density at radius 2 is 1.52 bits per heavy atom. The Kier molecular flexibility index (Phi) is 6.14. The Hall–Kier alpha value is -1.93. The quantitative estimate of drug-likeness (QED) is 0.711. The molecule has 0 saturated carbocycles. The van der Waals surface area contributed by atoms with Gasteiger partial charge in [-0.1, -0.05) is 19.3 Å². The van der Waals surface area contributed by atoms with Gasteiger partial charge < -0.3 is 9.80 Å². The van der Waals surface area contributed by atoms with Crippen molar-refractivity contribution >= 4 is 27.5 Å². The molecule has 4 rings (SSSR count). The maximum Gasteiger partial charge on any atom is 0.243 e. The standard InChI is InChI=1S/C23H33N3O4S/c1-23(2)19-16-18(31(29,30)25-14-8-5-9-15-25)10-11-20(19)26(22(23)28)17-21(27)24-12-6-3-4-7-13-24/h10-11,16H,3-9,12-15,17H2,1-2H3. The minimum atomic E-state index is -3.58. The summed E-state index contributed by atoms with van der Waals surface area (Å²) in [6.07, 6.45) is 7.07. The summed E-state index contributed by atoms with van der Waals surface area (Å²) in [5.41, 5.74) is 0.456. The molecule has 1 aromatic rings. The number of sulfonamides is 1. The van der Waals surface area contributed by atoms with E-state index in [0.717, 1.165) is 58.0 Å². The van der Waals surface area contributed by atoms with Crippen molar-refractivity contribution in [2.24, 2.45) is 0 Å². The Morgan fingerprint density at radius 1 is 0.935 bits per heavy atom. The van der Waals surface area contributed by atoms with E-state index in [4.69, 9.17) is 0 Å². The SMILES string of the molecule is CC1(C)C(=O)N(CC(=O)N2CCCCCC2)c2ccc(S(=O)(=O)N3CCCCC3)cc21. The van der Waals surface area contributed by atoms with Crippen molar-refractivity contribution in [3.05, 3.63) is 23.8 Å². The normalized spacial score (nSPS) is 22.3. The first-order chi connectivity index (χ1) is 14.7. The monoisotopic (exact) mass is 447 g/mol. The summed E-state index contributed by atoms with van der Waals surface area (Å²) < 4.78 is 27.8. The van der Waals surface area contributed by atoms with Crippen LogP contribution in [0.4, 0.5) is 5.69 Å². The minimum absolute atomic E-state index is 0.00743. The van der Waals surface area contributed by atoms with Gasteiger partial charge in [0, 0.05) is 31.9 Å². The van der Waals surface area contributed by atoms with E-state index < -0.39 is 15.4 Å². The summed E-state index contributed by atoms with van der Waals surface area (Å²) in [6.45, 7) is 6.18. The van der Waals surface area contributed by atoms with E-state index in [-0.39, 0.29) is 23.3 Å². The van der Waals surface area contributed by atoms with Crippen LogP contribution in [0.15, 0.2) is 23.1 Å². The molecule has 2 amide bonds. The molecule has 0 atom stereocenters. The lowest BCUT2D eigenvalue weighted by Gasteiger charge is -2.26. The second-order valence-electron chi connectivity index (χ2n) is 9.45. The van der Waals surface area contributed by atoms with E-state index in [9.17, 15) is 18.0 Å². The molecule has 0 spiro atoms. The number of piperidine rings is 1. The molecule has 0 aliphatic carbocycles. The van der Waals surface area contributed by atoms with Gasteiger partial charge in [0.1, 0.15) is 6.54 Å². The molecule has 0 N–H and O–H groups in total. The molecule has 3 heterocycles. The van der Waals surface area contributed by atoms with Gasteiger partial charge in [-0.25, -0.2) is 8.42 Å². The molecule has 0 bridgehead atoms. The first-order valence-corrected chi connectivity index (χ1v) is 12.9. The third-order valence-corrected chi connectivity index (χ3v) is 8.81. The highest BCUT2D eigenvalue weighted by Gasteiger charge is 2.45. The lowest BCUT2D eigenvalue weighted by Crippen LogP contribution is -2.44. The lowest BCUT2D eigenvalue weighted by molar-refractivity contribution is -0.131. The van der Waals surface area contributed by atoms with Crippen LogP contribution in [0.3, 0.4) is 0 Å². The summed E-state index contributed by atoms with van der Waals surface area (Å²) in [6, 6.07) is 4.93. The van der Waals surface area contributed by atoms with Crippen LogP contribution >= 0.6 is 0 Å². The number of carbonyl (C=O) groups is 2. The number of likely N-dealkylation sites (tertiary alicyclic amines) is 1. The zero-order valence-electron chi connectivity index (χ0n) is 18.6. The number of amides is 2. The van der Waals surface area contributed by atoms with E-state index in [1.54, 1.807) is 27.4 Å². The number of benzene rings is 1. The van der Waals surface area contributed by atoms with E-state index in [2.05, 4.69) is 0 Å². The van der Waals surface area contributed by atoms with Gasteiger partial charge in [-0.3, -0.25) is 9.59 Å². The molecular weight excluding hydrogens is 414 g/mol. The molecule has 0 unspecified atom stereocenters. The fraction of sp³-hybridized carbons (Fsp3) is 0.652. The van der Waals surface area contributed by atoms with E-state index in [1.165, 1.54) is 0 Å². The van der Waals surface area contributed by atoms with Gasteiger partial charge in [-0.05, 0) is 63.3 Å². The third-order valence-electron chi connectivity index (χ3n) is 6.92. The average molecular weight is 448 g/mol. The van der Waals surface area contributed by atoms with Crippen LogP contribution in [-0.4, -0.2) is 62.2 Å². The van der Waals surface area contributed by atoms with Crippen LogP contribution in [0.25, 0.3) is 0 Å². The van der Waals surface area contributed by atoms with Crippen LogP contribution in [0.2, 0.25) is 0 Å². The summed E-state index contributed by atoms with van der Waals surface area (Å²) in [5.74, 6) is -0.192. The highest BCUT2D eigenvalue weighted by molar-refractivity contribution is 7.89. The molecule has 0 radical (unpaired) electrons. The maximum absolute atomic E-state index is 13.2. The van der Waals surface area contributed by atoms with E-state index in [1.807, 2.05) is 18.7 Å². The summed E-state index contributed by atoms with van der Waals surface area (Å²) in [5, 5.41) is 0. The molecule has 2 saturated heterocycles. The van der Waals surface area contributed by atoms with Gasteiger partial charge in [0.05, 0.1) is 10.3 Å². The zero-order valence-corrected chi connectivity index (χ0v) is 19.4. The fourth-order valence-electron chi connectivity index (χ4n) is 4.94. The third kappa shape index (κ3) is 4.12. The summed E-state index contributed by atoms with van der Waals surface area (Å²) >= 11 is 0. The smallest absolute Gasteiger partial charge is 0.243 e. The molecule has 1 aromatic carbocycles. The molecule has 31 heavy (non-hydrogen) atoms. The van der Waals surface area contributed by atoms with Crippen molar-refractivity contribution in [2.75, 3.05) is 37.6 Å². The number of hydrogen-bond donors (Lipinski definition) is 0. The van der Waals surface area contributed by atoms with Crippen LogP contribution < -0.4 is 4.90 Å². The molecule has 0 aromatic heterocycles. The van der Waals surface area contributed by atoms with Crippen molar-refractivity contribution in [2.45, 2.75) is 69.1 Å². The number of rotatable bonds is 4. The second kappa shape index (κ2) is 8.54. The van der Waals surface area contributed by atoms with Crippen molar-refractivity contribution in [3.63, 3.8) is 0 Å². The van der Waals surface area contributed by atoms with Gasteiger partial charge in [0.2, 0.25) is 21.8 Å². The number of nitrogens with zero attached hydrogens (tertiary/aromatic N) is 3. The highest BCUT2D eigenvalue weighted by Crippen LogP contribution is 2.43. The Bertz CT molecular complexity index is 959. The van der Waals surface area contributed by atoms with E-state index in [0.29, 0.717) is 24.3 Å². The maximum atomic E-state index is 13.2. The van der Waals surface area contributed by atoms with Crippen molar-refractivity contribution in [1.82, 2.24) is 9.21 Å². The molecule has 8 heteroatoms. The first-order valence-electron chi connectivity index (χ1n) is 11.5. The summed E-state index contributed by atoms with van der Waals surface area (Å²) in [7, 11) is -3.58. The zero-order chi connectivity index (χ0) is 22.2. The largest absolute Gasteiger partial charge is 0.341 e. The van der Waals surface area contributed by atoms with Gasteiger partial charge in [-0.2, -0.15) is 4.31 Å². The molecule has 2 fully saturated rings. The molecule has 170 valence electrons. The fourth-order valence-corrected chi connectivity index (χ4v) is 6.48. The van der Waals surface area contributed by atoms with Crippen molar-refractivity contribution in [1.29, 1.82) is 0 Å². The predicted molar refractivity (Wildman–Crippen MR) is 119 cm³/mol. The predicted octanol–water partition coefficient (Wildman–Crippen LogP) is 2.89. The van der Waals surface area contributed by atoms with Gasteiger partial charge in [0.25, 0.3) is 0 Å². The van der Waals surface area contributed by atoms with Crippen LogP contribution in [0.5, 0.6) is 0 Å². The second-order valence-corrected chi connectivity index (χ2v) is 11.4. The first kappa shape index (κ1) is 22.3. The number of carbonyl (C=O) groups excluding carboxylic acids is 2. The Labute approximate surface area is 185 Å². The number of hydrogen-bond acceptors (Lipinski definition) is 4. The lowest BCUT2D eigenvalue weighted by atomic mass is 9.86. The van der Waals surface area contributed by atoms with Crippen LogP contribution in [-0.2, 0) is 25.0 Å². The van der Waals surface area contributed by atoms with Gasteiger partial charge >= 0.3 is 0 Å². The molecular formula is C23H33N3O4S. The van der Waals surface area contributed by atoms with Crippen molar-refractivity contribution < 1.29 is 18.0 Å². The minimum Gasteiger partial charge on any atom is -0.341 e. The number of anilines is 1. The number of fused-ring (bicyclic) bond motifs is 1. The van der Waals surface area contributed by atoms with Gasteiger partial charge in [0.15, 0.2) is 0 Å². The molecule has 7 nitrogen and oxygen atoms in total. The van der Waals surface area contributed by atoms with Gasteiger partial charge in [-0.15, -0.1) is 0 Å². The topological polar surface area (TPSA) is 78.0 Å². The molecule has 3 aliphatic heterocycles. The van der Waals surface area contributed by atoms with E-state index >= 15 is 0 Å². The van der Waals surface area contributed by atoms with Crippen LogP contribution in [0, 0.1) is 0 Å². The Morgan fingerprint density at radius 3 is 2.16 bits per heavy atom. The molecule has 3 aliphatic rings.